The van der Waals surface area contributed by atoms with Crippen molar-refractivity contribution in [2.45, 2.75) is 39.7 Å². The molecule has 0 amide bonds. The van der Waals surface area contributed by atoms with Crippen molar-refractivity contribution in [3.05, 3.63) is 21.2 Å². The molecule has 0 saturated carbocycles. The number of nitrogens with one attached hydrogen (secondary N) is 1. The van der Waals surface area contributed by atoms with Gasteiger partial charge in [-0.3, -0.25) is 0 Å². The topological polar surface area (TPSA) is 24.9 Å². The summed E-state index contributed by atoms with van der Waals surface area (Å²) in [7, 11) is 0. The second-order valence-corrected chi connectivity index (χ2v) is 6.05. The minimum atomic E-state index is 0.444. The van der Waals surface area contributed by atoms with Crippen molar-refractivity contribution in [1.82, 2.24) is 4.98 Å². The molecule has 2 unspecified atom stereocenters. The van der Waals surface area contributed by atoms with Gasteiger partial charge in [0, 0.05) is 16.7 Å². The lowest BCUT2D eigenvalue weighted by Gasteiger charge is -2.18. The number of hydrogen-bond acceptors (Lipinski definition) is 2. The smallest absolute Gasteiger partial charge is 0.140 e. The molecule has 0 radical (unpaired) electrons. The van der Waals surface area contributed by atoms with Crippen LogP contribution in [0.3, 0.4) is 0 Å². The molecule has 1 aromatic rings. The van der Waals surface area contributed by atoms with Gasteiger partial charge in [0.25, 0.3) is 0 Å². The van der Waals surface area contributed by atoms with Crippen LogP contribution in [0.4, 0.5) is 5.82 Å². The molecule has 0 fully saturated rings. The molecule has 0 spiro atoms. The van der Waals surface area contributed by atoms with E-state index in [2.05, 4.69) is 62.9 Å². The zero-order valence-corrected chi connectivity index (χ0v) is 13.1. The molecule has 1 heterocycles. The summed E-state index contributed by atoms with van der Waals surface area (Å²) in [5, 5.41) is 3.42. The summed E-state index contributed by atoms with van der Waals surface area (Å²) in [4.78, 5) is 4.35. The molecule has 90 valence electrons. The maximum atomic E-state index is 4.35. The van der Waals surface area contributed by atoms with Gasteiger partial charge in [0.15, 0.2) is 0 Å². The molecular weight excluding hydrogens is 332 g/mol. The van der Waals surface area contributed by atoms with Crippen LogP contribution in [-0.2, 0) is 0 Å². The Kier molecular flexibility index (Phi) is 5.76. The third-order valence-corrected chi connectivity index (χ3v) is 3.68. The van der Waals surface area contributed by atoms with Crippen molar-refractivity contribution in [2.24, 2.45) is 5.92 Å². The quantitative estimate of drug-likeness (QED) is 0.822. The molecule has 2 nitrogen and oxygen atoms in total. The van der Waals surface area contributed by atoms with Crippen LogP contribution in [0.25, 0.3) is 0 Å². The molecule has 0 aliphatic rings. The molecule has 0 saturated heterocycles. The average Bonchev–Trinajstić information content (AvgIpc) is 2.22. The highest BCUT2D eigenvalue weighted by Gasteiger charge is 2.09. The van der Waals surface area contributed by atoms with Crippen LogP contribution < -0.4 is 5.32 Å². The molecule has 16 heavy (non-hydrogen) atoms. The molecule has 4 heteroatoms. The third kappa shape index (κ3) is 4.42. The fraction of sp³-hybridized carbons (Fsp3) is 0.583. The van der Waals surface area contributed by atoms with Crippen molar-refractivity contribution < 1.29 is 0 Å². The molecular formula is C12H18Br2N2. The van der Waals surface area contributed by atoms with E-state index in [-0.39, 0.29) is 0 Å². The normalized spacial score (nSPS) is 14.6. The molecule has 1 rings (SSSR count). The first-order valence-corrected chi connectivity index (χ1v) is 7.19. The number of pyridine rings is 1. The standard InChI is InChI=1S/C12H18Br2N2/c1-4-8(2)5-9(3)16-12-11(14)6-10(13)7-15-12/h6-9H,4-5H2,1-3H3,(H,15,16). The zero-order valence-electron chi connectivity index (χ0n) is 9.93. The molecule has 1 aromatic heterocycles. The van der Waals surface area contributed by atoms with Gasteiger partial charge in [-0.05, 0) is 57.2 Å². The third-order valence-electron chi connectivity index (χ3n) is 2.64. The number of hydrogen-bond donors (Lipinski definition) is 1. The van der Waals surface area contributed by atoms with Crippen LogP contribution in [0.5, 0.6) is 0 Å². The van der Waals surface area contributed by atoms with Crippen LogP contribution >= 0.6 is 31.9 Å². The van der Waals surface area contributed by atoms with E-state index in [0.717, 1.165) is 20.7 Å². The summed E-state index contributed by atoms with van der Waals surface area (Å²) in [5.74, 6) is 1.66. The van der Waals surface area contributed by atoms with Crippen LogP contribution in [0, 0.1) is 5.92 Å². The first-order valence-electron chi connectivity index (χ1n) is 5.60. The lowest BCUT2D eigenvalue weighted by Crippen LogP contribution is -2.19. The number of aromatic nitrogens is 1. The van der Waals surface area contributed by atoms with Gasteiger partial charge < -0.3 is 5.32 Å². The van der Waals surface area contributed by atoms with Crippen LogP contribution in [0.15, 0.2) is 21.2 Å². The summed E-state index contributed by atoms with van der Waals surface area (Å²) < 4.78 is 1.98. The second kappa shape index (κ2) is 6.60. The van der Waals surface area contributed by atoms with Gasteiger partial charge in [-0.25, -0.2) is 4.98 Å². The molecule has 0 bridgehead atoms. The van der Waals surface area contributed by atoms with Crippen LogP contribution in [-0.4, -0.2) is 11.0 Å². The van der Waals surface area contributed by atoms with Gasteiger partial charge in [-0.2, -0.15) is 0 Å². The van der Waals surface area contributed by atoms with E-state index in [1.54, 1.807) is 0 Å². The minimum absolute atomic E-state index is 0.444. The van der Waals surface area contributed by atoms with Crippen molar-refractivity contribution in [2.75, 3.05) is 5.32 Å². The number of rotatable bonds is 5. The largest absolute Gasteiger partial charge is 0.367 e. The van der Waals surface area contributed by atoms with E-state index in [1.165, 1.54) is 12.8 Å². The Labute approximate surface area is 114 Å². The molecule has 0 aromatic carbocycles. The Bertz CT molecular complexity index is 342. The number of anilines is 1. The fourth-order valence-corrected chi connectivity index (χ4v) is 2.69. The Morgan fingerprint density at radius 1 is 1.38 bits per heavy atom. The highest BCUT2D eigenvalue weighted by molar-refractivity contribution is 9.11. The molecule has 0 aliphatic heterocycles. The minimum Gasteiger partial charge on any atom is -0.367 e. The molecule has 0 aliphatic carbocycles. The van der Waals surface area contributed by atoms with Gasteiger partial charge in [0.1, 0.15) is 5.82 Å². The van der Waals surface area contributed by atoms with Crippen molar-refractivity contribution >= 4 is 37.7 Å². The Hall–Kier alpha value is -0.0900. The molecule has 2 atom stereocenters. The summed E-state index contributed by atoms with van der Waals surface area (Å²) in [6.07, 6.45) is 4.20. The average molecular weight is 350 g/mol. The lowest BCUT2D eigenvalue weighted by molar-refractivity contribution is 0.483. The SMILES string of the molecule is CCC(C)CC(C)Nc1ncc(Br)cc1Br. The highest BCUT2D eigenvalue weighted by atomic mass is 79.9. The first kappa shape index (κ1) is 14.0. The summed E-state index contributed by atoms with van der Waals surface area (Å²) in [6.45, 7) is 6.70. The van der Waals surface area contributed by atoms with Gasteiger partial charge in [0.2, 0.25) is 0 Å². The number of halogens is 2. The predicted octanol–water partition coefficient (Wildman–Crippen LogP) is 4.84. The Morgan fingerprint density at radius 2 is 2.06 bits per heavy atom. The monoisotopic (exact) mass is 348 g/mol. The fourth-order valence-electron chi connectivity index (χ4n) is 1.58. The maximum Gasteiger partial charge on any atom is 0.140 e. The summed E-state index contributed by atoms with van der Waals surface area (Å²) in [5.41, 5.74) is 0. The van der Waals surface area contributed by atoms with E-state index < -0.39 is 0 Å². The van der Waals surface area contributed by atoms with E-state index in [9.17, 15) is 0 Å². The van der Waals surface area contributed by atoms with E-state index in [1.807, 2.05) is 12.3 Å². The maximum absolute atomic E-state index is 4.35. The van der Waals surface area contributed by atoms with E-state index >= 15 is 0 Å². The molecule has 1 N–H and O–H groups in total. The van der Waals surface area contributed by atoms with E-state index in [0.29, 0.717) is 6.04 Å². The number of nitrogens with zero attached hydrogens (tertiary/aromatic N) is 1. The van der Waals surface area contributed by atoms with E-state index in [4.69, 9.17) is 0 Å². The van der Waals surface area contributed by atoms with Crippen LogP contribution in [0.2, 0.25) is 0 Å². The summed E-state index contributed by atoms with van der Waals surface area (Å²) in [6, 6.07) is 2.45. The first-order chi connectivity index (χ1) is 7.52. The zero-order chi connectivity index (χ0) is 12.1. The lowest BCUT2D eigenvalue weighted by atomic mass is 10.0. The van der Waals surface area contributed by atoms with Crippen molar-refractivity contribution in [1.29, 1.82) is 0 Å². The Morgan fingerprint density at radius 3 is 2.62 bits per heavy atom. The van der Waals surface area contributed by atoms with Crippen molar-refractivity contribution in [3.63, 3.8) is 0 Å². The van der Waals surface area contributed by atoms with Gasteiger partial charge in [-0.15, -0.1) is 0 Å². The van der Waals surface area contributed by atoms with Crippen LogP contribution in [0.1, 0.15) is 33.6 Å². The van der Waals surface area contributed by atoms with Gasteiger partial charge in [-0.1, -0.05) is 20.3 Å². The van der Waals surface area contributed by atoms with Gasteiger partial charge in [0.05, 0.1) is 4.47 Å². The predicted molar refractivity (Wildman–Crippen MR) is 76.8 cm³/mol. The Balaban J connectivity index is 2.59. The second-order valence-electron chi connectivity index (χ2n) is 4.28. The van der Waals surface area contributed by atoms with Crippen molar-refractivity contribution in [3.8, 4) is 0 Å². The van der Waals surface area contributed by atoms with Gasteiger partial charge >= 0.3 is 0 Å². The summed E-state index contributed by atoms with van der Waals surface area (Å²) >= 11 is 6.90. The highest BCUT2D eigenvalue weighted by Crippen LogP contribution is 2.24.